The molecule has 0 unspecified atom stereocenters. The summed E-state index contributed by atoms with van der Waals surface area (Å²) in [5.41, 5.74) is 0.227. The molecule has 0 aliphatic heterocycles. The Hall–Kier alpha value is -2.14. The van der Waals surface area contributed by atoms with Gasteiger partial charge in [-0.25, -0.2) is 9.78 Å². The summed E-state index contributed by atoms with van der Waals surface area (Å²) in [6, 6.07) is 7.39. The SMILES string of the molecule is COCCCCNc1ncc(C(=O)O)c2ccccc12. The molecular formula is C15H18N2O3. The van der Waals surface area contributed by atoms with E-state index < -0.39 is 5.97 Å². The number of methoxy groups -OCH3 is 1. The van der Waals surface area contributed by atoms with Crippen LogP contribution in [0.15, 0.2) is 30.5 Å². The quantitative estimate of drug-likeness (QED) is 0.760. The number of hydrogen-bond donors (Lipinski definition) is 2. The first-order valence-electron chi connectivity index (χ1n) is 6.58. The number of pyridine rings is 1. The number of carboxylic acid groups (broad SMARTS) is 1. The Morgan fingerprint density at radius 3 is 2.75 bits per heavy atom. The van der Waals surface area contributed by atoms with Crippen LogP contribution in [0.3, 0.4) is 0 Å². The van der Waals surface area contributed by atoms with Gasteiger partial charge in [0.05, 0.1) is 5.56 Å². The number of nitrogens with one attached hydrogen (secondary N) is 1. The fourth-order valence-corrected chi connectivity index (χ4v) is 2.08. The molecule has 0 saturated carbocycles. The van der Waals surface area contributed by atoms with Gasteiger partial charge in [0.25, 0.3) is 0 Å². The Balaban J connectivity index is 2.18. The zero-order chi connectivity index (χ0) is 14.4. The lowest BCUT2D eigenvalue weighted by atomic mass is 10.1. The van der Waals surface area contributed by atoms with Crippen LogP contribution in [0.25, 0.3) is 10.8 Å². The number of carboxylic acids is 1. The molecule has 0 atom stereocenters. The molecule has 0 saturated heterocycles. The number of anilines is 1. The van der Waals surface area contributed by atoms with Gasteiger partial charge in [-0.3, -0.25) is 0 Å². The number of hydrogen-bond acceptors (Lipinski definition) is 4. The Labute approximate surface area is 117 Å². The number of carbonyl (C=O) groups is 1. The molecule has 1 aromatic heterocycles. The number of aromatic nitrogens is 1. The molecular weight excluding hydrogens is 256 g/mol. The summed E-state index contributed by atoms with van der Waals surface area (Å²) in [5, 5.41) is 14.0. The smallest absolute Gasteiger partial charge is 0.337 e. The Morgan fingerprint density at radius 2 is 2.05 bits per heavy atom. The van der Waals surface area contributed by atoms with E-state index in [1.54, 1.807) is 13.2 Å². The van der Waals surface area contributed by atoms with Crippen molar-refractivity contribution in [2.75, 3.05) is 25.6 Å². The first-order chi connectivity index (χ1) is 9.74. The first-order valence-corrected chi connectivity index (χ1v) is 6.58. The molecule has 0 aliphatic carbocycles. The lowest BCUT2D eigenvalue weighted by Crippen LogP contribution is -2.07. The molecule has 0 aliphatic rings. The maximum Gasteiger partial charge on any atom is 0.337 e. The van der Waals surface area contributed by atoms with Crippen molar-refractivity contribution in [3.63, 3.8) is 0 Å². The van der Waals surface area contributed by atoms with Crippen molar-refractivity contribution in [3.05, 3.63) is 36.0 Å². The van der Waals surface area contributed by atoms with Crippen LogP contribution in [0, 0.1) is 0 Å². The molecule has 5 heteroatoms. The first kappa shape index (κ1) is 14.3. The molecule has 20 heavy (non-hydrogen) atoms. The van der Waals surface area contributed by atoms with E-state index in [4.69, 9.17) is 4.74 Å². The number of fused-ring (bicyclic) bond motifs is 1. The summed E-state index contributed by atoms with van der Waals surface area (Å²) in [6.07, 6.45) is 3.36. The van der Waals surface area contributed by atoms with Crippen molar-refractivity contribution >= 4 is 22.6 Å². The molecule has 0 amide bonds. The molecule has 0 spiro atoms. The van der Waals surface area contributed by atoms with Crippen LogP contribution in [-0.4, -0.2) is 36.3 Å². The van der Waals surface area contributed by atoms with Crippen LogP contribution in [0.5, 0.6) is 0 Å². The average Bonchev–Trinajstić information content (AvgIpc) is 2.46. The second-order valence-electron chi connectivity index (χ2n) is 4.50. The van der Waals surface area contributed by atoms with Gasteiger partial charge in [-0.2, -0.15) is 0 Å². The summed E-state index contributed by atoms with van der Waals surface area (Å²) >= 11 is 0. The minimum atomic E-state index is -0.958. The van der Waals surface area contributed by atoms with E-state index in [1.165, 1.54) is 6.20 Å². The summed E-state index contributed by atoms with van der Waals surface area (Å²) in [7, 11) is 1.69. The second-order valence-corrected chi connectivity index (χ2v) is 4.50. The topological polar surface area (TPSA) is 71.5 Å². The minimum absolute atomic E-state index is 0.227. The average molecular weight is 274 g/mol. The van der Waals surface area contributed by atoms with Crippen molar-refractivity contribution in [2.45, 2.75) is 12.8 Å². The molecule has 2 rings (SSSR count). The third-order valence-electron chi connectivity index (χ3n) is 3.09. The summed E-state index contributed by atoms with van der Waals surface area (Å²) < 4.78 is 5.00. The van der Waals surface area contributed by atoms with Gasteiger partial charge in [0, 0.05) is 37.2 Å². The Bertz CT molecular complexity index is 599. The number of nitrogens with zero attached hydrogens (tertiary/aromatic N) is 1. The van der Waals surface area contributed by atoms with Crippen LogP contribution in [0.4, 0.5) is 5.82 Å². The van der Waals surface area contributed by atoms with Gasteiger partial charge < -0.3 is 15.2 Å². The fraction of sp³-hybridized carbons (Fsp3) is 0.333. The van der Waals surface area contributed by atoms with Gasteiger partial charge in [0.1, 0.15) is 5.82 Å². The van der Waals surface area contributed by atoms with Crippen LogP contribution in [-0.2, 0) is 4.74 Å². The number of unbranched alkanes of at least 4 members (excludes halogenated alkanes) is 1. The van der Waals surface area contributed by atoms with Gasteiger partial charge in [-0.1, -0.05) is 24.3 Å². The van der Waals surface area contributed by atoms with Gasteiger partial charge in [-0.15, -0.1) is 0 Å². The lowest BCUT2D eigenvalue weighted by Gasteiger charge is -2.10. The predicted octanol–water partition coefficient (Wildman–Crippen LogP) is 2.77. The van der Waals surface area contributed by atoms with Crippen LogP contribution in [0.1, 0.15) is 23.2 Å². The van der Waals surface area contributed by atoms with Crippen LogP contribution < -0.4 is 5.32 Å². The molecule has 1 aromatic carbocycles. The molecule has 0 fully saturated rings. The number of ether oxygens (including phenoxy) is 1. The second kappa shape index (κ2) is 6.86. The van der Waals surface area contributed by atoms with Crippen LogP contribution in [0.2, 0.25) is 0 Å². The highest BCUT2D eigenvalue weighted by molar-refractivity contribution is 6.06. The van der Waals surface area contributed by atoms with E-state index in [9.17, 15) is 9.90 Å². The van der Waals surface area contributed by atoms with E-state index in [2.05, 4.69) is 10.3 Å². The van der Waals surface area contributed by atoms with Gasteiger partial charge >= 0.3 is 5.97 Å². The third-order valence-corrected chi connectivity index (χ3v) is 3.09. The summed E-state index contributed by atoms with van der Waals surface area (Å²) in [5.74, 6) is -0.233. The summed E-state index contributed by atoms with van der Waals surface area (Å²) in [4.78, 5) is 15.4. The van der Waals surface area contributed by atoms with E-state index in [1.807, 2.05) is 18.2 Å². The van der Waals surface area contributed by atoms with Gasteiger partial charge in [0.15, 0.2) is 0 Å². The minimum Gasteiger partial charge on any atom is -0.478 e. The maximum absolute atomic E-state index is 11.2. The van der Waals surface area contributed by atoms with Crippen LogP contribution >= 0.6 is 0 Å². The van der Waals surface area contributed by atoms with E-state index in [0.717, 1.165) is 37.2 Å². The van der Waals surface area contributed by atoms with Crippen molar-refractivity contribution in [1.29, 1.82) is 0 Å². The van der Waals surface area contributed by atoms with Gasteiger partial charge in [0.2, 0.25) is 0 Å². The van der Waals surface area contributed by atoms with Crippen molar-refractivity contribution < 1.29 is 14.6 Å². The van der Waals surface area contributed by atoms with E-state index in [0.29, 0.717) is 5.39 Å². The Kier molecular flexibility index (Phi) is 4.90. The molecule has 2 N–H and O–H groups in total. The number of benzene rings is 1. The molecule has 0 bridgehead atoms. The van der Waals surface area contributed by atoms with Crippen molar-refractivity contribution in [1.82, 2.24) is 4.98 Å². The molecule has 0 radical (unpaired) electrons. The highest BCUT2D eigenvalue weighted by Gasteiger charge is 2.11. The number of rotatable bonds is 7. The standard InChI is InChI=1S/C15H18N2O3/c1-20-9-5-4-8-16-14-12-7-3-2-6-11(12)13(10-17-14)15(18)19/h2-3,6-7,10H,4-5,8-9H2,1H3,(H,16,17)(H,18,19). The number of aromatic carboxylic acids is 1. The zero-order valence-electron chi connectivity index (χ0n) is 11.4. The monoisotopic (exact) mass is 274 g/mol. The predicted molar refractivity (Wildman–Crippen MR) is 78.3 cm³/mol. The molecule has 2 aromatic rings. The third kappa shape index (κ3) is 3.24. The highest BCUT2D eigenvalue weighted by atomic mass is 16.5. The lowest BCUT2D eigenvalue weighted by molar-refractivity contribution is 0.0698. The van der Waals surface area contributed by atoms with Gasteiger partial charge in [-0.05, 0) is 12.8 Å². The molecule has 1 heterocycles. The molecule has 106 valence electrons. The Morgan fingerprint density at radius 1 is 1.30 bits per heavy atom. The zero-order valence-corrected chi connectivity index (χ0v) is 11.4. The van der Waals surface area contributed by atoms with E-state index >= 15 is 0 Å². The van der Waals surface area contributed by atoms with Crippen molar-refractivity contribution in [2.24, 2.45) is 0 Å². The normalized spacial score (nSPS) is 10.7. The summed E-state index contributed by atoms with van der Waals surface area (Å²) in [6.45, 7) is 1.53. The molecule has 5 nitrogen and oxygen atoms in total. The van der Waals surface area contributed by atoms with Crippen molar-refractivity contribution in [3.8, 4) is 0 Å². The highest BCUT2D eigenvalue weighted by Crippen LogP contribution is 2.24. The largest absolute Gasteiger partial charge is 0.478 e. The van der Waals surface area contributed by atoms with E-state index in [-0.39, 0.29) is 5.56 Å². The maximum atomic E-state index is 11.2. The fourth-order valence-electron chi connectivity index (χ4n) is 2.08.